The van der Waals surface area contributed by atoms with Gasteiger partial charge >= 0.3 is 0 Å². The Bertz CT molecular complexity index is 1570. The van der Waals surface area contributed by atoms with Crippen LogP contribution in [0.5, 0.6) is 11.5 Å². The highest BCUT2D eigenvalue weighted by Gasteiger charge is 2.21. The predicted octanol–water partition coefficient (Wildman–Crippen LogP) is 1.69. The molecule has 0 unspecified atom stereocenters. The van der Waals surface area contributed by atoms with E-state index in [-0.39, 0.29) is 18.1 Å². The Morgan fingerprint density at radius 1 is 1.10 bits per heavy atom. The SMILES string of the molecule is Cn1ccc(COc2cnc3ccc(=O)n(CCN4CCC(NCc5ccc6c(n5)NC(=O)CO6)CC4)c3c2)n1. The van der Waals surface area contributed by atoms with Crippen molar-refractivity contribution >= 4 is 22.8 Å². The van der Waals surface area contributed by atoms with Crippen molar-refractivity contribution in [1.82, 2.24) is 34.5 Å². The first-order chi connectivity index (χ1) is 19.5. The summed E-state index contributed by atoms with van der Waals surface area (Å²) >= 11 is 0. The maximum atomic E-state index is 12.8. The molecule has 1 amide bonds. The lowest BCUT2D eigenvalue weighted by molar-refractivity contribution is -0.118. The minimum atomic E-state index is -0.186. The zero-order chi connectivity index (χ0) is 27.5. The number of nitrogens with zero attached hydrogens (tertiary/aromatic N) is 6. The standard InChI is InChI=1S/C28H32N8O4/c1-34-9-6-21(33-34)17-39-22-14-24-23(30-16-22)3-5-27(38)36(24)13-12-35-10-7-19(8-11-35)29-15-20-2-4-25-28(31-20)32-26(37)18-40-25/h2-6,9,14,16,19,29H,7-8,10-13,15,17-18H2,1H3,(H,31,32,37). The zero-order valence-electron chi connectivity index (χ0n) is 22.4. The minimum absolute atomic E-state index is 0.0268. The fourth-order valence-corrected chi connectivity index (χ4v) is 5.11. The molecule has 6 rings (SSSR count). The third-order valence-electron chi connectivity index (χ3n) is 7.30. The molecule has 208 valence electrons. The smallest absolute Gasteiger partial charge is 0.263 e. The first-order valence-corrected chi connectivity index (χ1v) is 13.5. The Morgan fingerprint density at radius 3 is 2.80 bits per heavy atom. The Labute approximate surface area is 230 Å². The van der Waals surface area contributed by atoms with Gasteiger partial charge < -0.3 is 29.6 Å². The van der Waals surface area contributed by atoms with Crippen LogP contribution in [-0.4, -0.2) is 67.4 Å². The summed E-state index contributed by atoms with van der Waals surface area (Å²) in [5, 5.41) is 10.7. The second-order valence-electron chi connectivity index (χ2n) is 10.2. The van der Waals surface area contributed by atoms with Crippen LogP contribution in [0.3, 0.4) is 0 Å². The highest BCUT2D eigenvalue weighted by atomic mass is 16.5. The molecular weight excluding hydrogens is 512 g/mol. The largest absolute Gasteiger partial charge is 0.486 e. The number of piperidine rings is 1. The first kappa shape index (κ1) is 26.0. The van der Waals surface area contributed by atoms with Crippen LogP contribution in [0.2, 0.25) is 0 Å². The van der Waals surface area contributed by atoms with Crippen LogP contribution in [0.1, 0.15) is 24.2 Å². The molecule has 2 N–H and O–H groups in total. The van der Waals surface area contributed by atoms with E-state index in [9.17, 15) is 9.59 Å². The number of carbonyl (C=O) groups is 1. The second-order valence-corrected chi connectivity index (χ2v) is 10.2. The van der Waals surface area contributed by atoms with Crippen LogP contribution in [0, 0.1) is 0 Å². The number of rotatable bonds is 9. The van der Waals surface area contributed by atoms with Gasteiger partial charge in [-0.25, -0.2) is 4.98 Å². The summed E-state index contributed by atoms with van der Waals surface area (Å²) in [6.07, 6.45) is 5.56. The molecule has 2 aliphatic rings. The average molecular weight is 545 g/mol. The van der Waals surface area contributed by atoms with E-state index in [0.29, 0.717) is 43.1 Å². The molecule has 12 nitrogen and oxygen atoms in total. The summed E-state index contributed by atoms with van der Waals surface area (Å²) < 4.78 is 14.8. The molecule has 1 saturated heterocycles. The quantitative estimate of drug-likeness (QED) is 0.323. The number of aromatic nitrogens is 5. The Morgan fingerprint density at radius 2 is 1.98 bits per heavy atom. The van der Waals surface area contributed by atoms with E-state index in [4.69, 9.17) is 9.47 Å². The van der Waals surface area contributed by atoms with Crippen LogP contribution in [-0.2, 0) is 31.5 Å². The molecule has 4 aromatic heterocycles. The fourth-order valence-electron chi connectivity index (χ4n) is 5.11. The molecule has 4 aromatic rings. The lowest BCUT2D eigenvalue weighted by Crippen LogP contribution is -2.43. The number of aryl methyl sites for hydroxylation is 1. The van der Waals surface area contributed by atoms with Crippen molar-refractivity contribution < 1.29 is 14.3 Å². The number of amides is 1. The van der Waals surface area contributed by atoms with Gasteiger partial charge in [0.25, 0.3) is 11.5 Å². The van der Waals surface area contributed by atoms with Crippen molar-refractivity contribution in [3.63, 3.8) is 0 Å². The Balaban J connectivity index is 1.02. The lowest BCUT2D eigenvalue weighted by Gasteiger charge is -2.32. The molecule has 12 heteroatoms. The van der Waals surface area contributed by atoms with Crippen LogP contribution in [0.4, 0.5) is 5.82 Å². The zero-order valence-corrected chi connectivity index (χ0v) is 22.4. The van der Waals surface area contributed by atoms with Gasteiger partial charge in [-0.05, 0) is 50.2 Å². The highest BCUT2D eigenvalue weighted by Crippen LogP contribution is 2.25. The molecule has 0 atom stereocenters. The molecule has 0 bridgehead atoms. The number of likely N-dealkylation sites (tertiary alicyclic amines) is 1. The number of hydrogen-bond acceptors (Lipinski definition) is 9. The number of ether oxygens (including phenoxy) is 2. The number of carbonyl (C=O) groups excluding carboxylic acids is 1. The average Bonchev–Trinajstić information content (AvgIpc) is 3.39. The van der Waals surface area contributed by atoms with Crippen LogP contribution >= 0.6 is 0 Å². The summed E-state index contributed by atoms with van der Waals surface area (Å²) in [4.78, 5) is 35.8. The topological polar surface area (TPSA) is 128 Å². The molecular formula is C28H32N8O4. The van der Waals surface area contributed by atoms with Crippen molar-refractivity contribution in [3.05, 3.63) is 70.5 Å². The Hall–Kier alpha value is -4.29. The summed E-state index contributed by atoms with van der Waals surface area (Å²) in [6.45, 7) is 4.21. The fraction of sp³-hybridized carbons (Fsp3) is 0.393. The van der Waals surface area contributed by atoms with Crippen LogP contribution in [0.15, 0.2) is 53.6 Å². The highest BCUT2D eigenvalue weighted by molar-refractivity contribution is 5.94. The van der Waals surface area contributed by atoms with E-state index in [2.05, 4.69) is 30.6 Å². The van der Waals surface area contributed by atoms with E-state index in [0.717, 1.165) is 54.9 Å². The van der Waals surface area contributed by atoms with Gasteiger partial charge in [0.15, 0.2) is 18.2 Å². The third kappa shape index (κ3) is 5.97. The molecule has 2 aliphatic heterocycles. The van der Waals surface area contributed by atoms with Gasteiger partial charge in [0.1, 0.15) is 12.4 Å². The van der Waals surface area contributed by atoms with Gasteiger partial charge in [-0.2, -0.15) is 5.10 Å². The van der Waals surface area contributed by atoms with Gasteiger partial charge in [-0.3, -0.25) is 19.3 Å². The van der Waals surface area contributed by atoms with Crippen molar-refractivity contribution in [1.29, 1.82) is 0 Å². The molecule has 0 aliphatic carbocycles. The second kappa shape index (κ2) is 11.4. The van der Waals surface area contributed by atoms with Crippen molar-refractivity contribution in [2.75, 3.05) is 31.6 Å². The van der Waals surface area contributed by atoms with Gasteiger partial charge in [0, 0.05) is 51.1 Å². The molecule has 6 heterocycles. The molecule has 0 aromatic carbocycles. The summed E-state index contributed by atoms with van der Waals surface area (Å²) in [5.41, 5.74) is 3.16. The summed E-state index contributed by atoms with van der Waals surface area (Å²) in [5.74, 6) is 1.50. The van der Waals surface area contributed by atoms with Crippen LogP contribution < -0.4 is 25.7 Å². The molecule has 40 heavy (non-hydrogen) atoms. The minimum Gasteiger partial charge on any atom is -0.486 e. The number of fused-ring (bicyclic) bond motifs is 2. The normalized spacial score (nSPS) is 16.0. The number of anilines is 1. The molecule has 0 saturated carbocycles. The van der Waals surface area contributed by atoms with Gasteiger partial charge in [0.2, 0.25) is 0 Å². The van der Waals surface area contributed by atoms with Crippen molar-refractivity contribution in [2.24, 2.45) is 7.05 Å². The van der Waals surface area contributed by atoms with Gasteiger partial charge in [0.05, 0.1) is 28.6 Å². The van der Waals surface area contributed by atoms with E-state index in [1.54, 1.807) is 27.6 Å². The van der Waals surface area contributed by atoms with Crippen molar-refractivity contribution in [3.8, 4) is 11.5 Å². The maximum absolute atomic E-state index is 12.8. The van der Waals surface area contributed by atoms with Crippen molar-refractivity contribution in [2.45, 2.75) is 38.6 Å². The predicted molar refractivity (Wildman–Crippen MR) is 148 cm³/mol. The Kier molecular flexibility index (Phi) is 7.43. The summed E-state index contributed by atoms with van der Waals surface area (Å²) in [6, 6.07) is 11.3. The van der Waals surface area contributed by atoms with E-state index < -0.39 is 0 Å². The molecule has 0 spiro atoms. The maximum Gasteiger partial charge on any atom is 0.263 e. The first-order valence-electron chi connectivity index (χ1n) is 13.5. The van der Waals surface area contributed by atoms with Gasteiger partial charge in [-0.1, -0.05) is 0 Å². The molecule has 1 fully saturated rings. The number of hydrogen-bond donors (Lipinski definition) is 2. The van der Waals surface area contributed by atoms with E-state index in [1.807, 2.05) is 37.5 Å². The van der Waals surface area contributed by atoms with Crippen LogP contribution in [0.25, 0.3) is 11.0 Å². The van der Waals surface area contributed by atoms with E-state index >= 15 is 0 Å². The van der Waals surface area contributed by atoms with E-state index in [1.165, 1.54) is 0 Å². The van der Waals surface area contributed by atoms with Gasteiger partial charge in [-0.15, -0.1) is 0 Å². The number of nitrogens with one attached hydrogen (secondary N) is 2. The third-order valence-corrected chi connectivity index (χ3v) is 7.30. The lowest BCUT2D eigenvalue weighted by atomic mass is 10.0. The number of pyridine rings is 3. The molecule has 0 radical (unpaired) electrons. The monoisotopic (exact) mass is 544 g/mol. The summed E-state index contributed by atoms with van der Waals surface area (Å²) in [7, 11) is 1.87.